The Labute approximate surface area is 226 Å². The van der Waals surface area contributed by atoms with Gasteiger partial charge in [0.1, 0.15) is 11.5 Å². The molecule has 3 heterocycles. The van der Waals surface area contributed by atoms with Crippen LogP contribution < -0.4 is 14.9 Å². The number of thioether (sulfide) groups is 1. The summed E-state index contributed by atoms with van der Waals surface area (Å²) in [4.78, 5) is 32.9. The molecule has 0 unspecified atom stereocenters. The predicted molar refractivity (Wildman–Crippen MR) is 148 cm³/mol. The summed E-state index contributed by atoms with van der Waals surface area (Å²) in [6, 6.07) is 18.2. The molecule has 0 saturated heterocycles. The van der Waals surface area contributed by atoms with Gasteiger partial charge in [0, 0.05) is 21.6 Å². The quantitative estimate of drug-likeness (QED) is 0.236. The zero-order valence-corrected chi connectivity index (χ0v) is 22.7. The highest BCUT2D eigenvalue weighted by Crippen LogP contribution is 2.32. The van der Waals surface area contributed by atoms with Gasteiger partial charge in [0.15, 0.2) is 4.80 Å². The molecule has 5 rings (SSSR count). The van der Waals surface area contributed by atoms with Gasteiger partial charge < -0.3 is 9.15 Å². The summed E-state index contributed by atoms with van der Waals surface area (Å²) in [6.45, 7) is 3.76. The lowest BCUT2D eigenvalue weighted by molar-refractivity contribution is -0.139. The number of allylic oxidation sites excluding steroid dienone is 1. The molecule has 0 fully saturated rings. The minimum Gasteiger partial charge on any atom is -0.463 e. The Balaban J connectivity index is 1.62. The number of hydrogen-bond acceptors (Lipinski definition) is 7. The number of ether oxygens (including phenoxy) is 1. The average Bonchev–Trinajstić information content (AvgIpc) is 3.48. The van der Waals surface area contributed by atoms with E-state index in [1.54, 1.807) is 48.4 Å². The highest BCUT2D eigenvalue weighted by molar-refractivity contribution is 7.98. The van der Waals surface area contributed by atoms with Crippen LogP contribution in [0.4, 0.5) is 0 Å². The molecule has 4 aromatic rings. The van der Waals surface area contributed by atoms with E-state index in [1.165, 1.54) is 11.3 Å². The molecule has 0 radical (unpaired) electrons. The lowest BCUT2D eigenvalue weighted by atomic mass is 9.96. The molecule has 0 spiro atoms. The van der Waals surface area contributed by atoms with Crippen LogP contribution in [0.5, 0.6) is 0 Å². The first-order valence-corrected chi connectivity index (χ1v) is 14.0. The molecule has 6 nitrogen and oxygen atoms in total. The van der Waals surface area contributed by atoms with Crippen molar-refractivity contribution < 1.29 is 13.9 Å². The molecular formula is C28H23ClN2O4S2. The van der Waals surface area contributed by atoms with E-state index in [9.17, 15) is 9.59 Å². The number of fused-ring (bicyclic) bond motifs is 1. The third-order valence-electron chi connectivity index (χ3n) is 5.98. The average molecular weight is 551 g/mol. The molecule has 188 valence electrons. The van der Waals surface area contributed by atoms with Crippen LogP contribution in [0.2, 0.25) is 5.02 Å². The van der Waals surface area contributed by atoms with Crippen molar-refractivity contribution in [3.8, 4) is 11.3 Å². The maximum Gasteiger partial charge on any atom is 0.338 e. The normalized spacial score (nSPS) is 15.5. The molecule has 0 aliphatic carbocycles. The van der Waals surface area contributed by atoms with Gasteiger partial charge in [-0.25, -0.2) is 9.79 Å². The second kappa shape index (κ2) is 10.6. The maximum atomic E-state index is 13.7. The largest absolute Gasteiger partial charge is 0.463 e. The minimum absolute atomic E-state index is 0.229. The van der Waals surface area contributed by atoms with Gasteiger partial charge in [0.2, 0.25) is 0 Å². The molecule has 9 heteroatoms. The van der Waals surface area contributed by atoms with Crippen LogP contribution in [0.25, 0.3) is 17.4 Å². The van der Waals surface area contributed by atoms with Crippen LogP contribution in [0, 0.1) is 0 Å². The van der Waals surface area contributed by atoms with Crippen LogP contribution in [0.15, 0.2) is 91.0 Å². The number of carbonyl (C=O) groups is 1. The number of esters is 1. The Hall–Kier alpha value is -3.33. The molecule has 1 aliphatic heterocycles. The van der Waals surface area contributed by atoms with Crippen LogP contribution in [0.1, 0.15) is 31.2 Å². The summed E-state index contributed by atoms with van der Waals surface area (Å²) in [5.41, 5.74) is 2.34. The summed E-state index contributed by atoms with van der Waals surface area (Å²) in [7, 11) is 0. The number of hydrogen-bond donors (Lipinski definition) is 0. The first kappa shape index (κ1) is 25.3. The fourth-order valence-electron chi connectivity index (χ4n) is 4.22. The number of furan rings is 1. The number of aromatic nitrogens is 1. The van der Waals surface area contributed by atoms with Crippen molar-refractivity contribution in [3.05, 3.63) is 108 Å². The number of thiazole rings is 1. The molecule has 1 atom stereocenters. The number of halogens is 1. The SMILES string of the molecule is CCOC(=O)C1=C(C)N=c2s/c(=C\c3ccc(-c4ccc(Cl)cc4)o3)c(=O)n2[C@H]1c1ccc(SC)cc1. The van der Waals surface area contributed by atoms with E-state index >= 15 is 0 Å². The summed E-state index contributed by atoms with van der Waals surface area (Å²) in [5.74, 6) is 0.732. The van der Waals surface area contributed by atoms with Gasteiger partial charge in [0.05, 0.1) is 28.5 Å². The van der Waals surface area contributed by atoms with Gasteiger partial charge in [-0.3, -0.25) is 9.36 Å². The Morgan fingerprint density at radius 3 is 2.57 bits per heavy atom. The zero-order chi connectivity index (χ0) is 26.1. The topological polar surface area (TPSA) is 73.8 Å². The highest BCUT2D eigenvalue weighted by atomic mass is 35.5. The summed E-state index contributed by atoms with van der Waals surface area (Å²) < 4.78 is 13.4. The molecule has 0 saturated carbocycles. The van der Waals surface area contributed by atoms with Crippen LogP contribution in [-0.4, -0.2) is 23.4 Å². The summed E-state index contributed by atoms with van der Waals surface area (Å²) in [5, 5.41) is 0.645. The van der Waals surface area contributed by atoms with E-state index in [4.69, 9.17) is 20.8 Å². The van der Waals surface area contributed by atoms with E-state index in [0.717, 1.165) is 16.0 Å². The van der Waals surface area contributed by atoms with Crippen molar-refractivity contribution in [2.24, 2.45) is 4.99 Å². The van der Waals surface area contributed by atoms with Gasteiger partial charge in [-0.15, -0.1) is 11.8 Å². The first-order chi connectivity index (χ1) is 17.9. The molecule has 1 aliphatic rings. The third kappa shape index (κ3) is 4.97. The fourth-order valence-corrected chi connectivity index (χ4v) is 5.78. The number of nitrogens with zero attached hydrogens (tertiary/aromatic N) is 2. The molecule has 2 aromatic heterocycles. The Bertz CT molecular complexity index is 1680. The molecule has 37 heavy (non-hydrogen) atoms. The number of rotatable bonds is 6. The molecule has 0 N–H and O–H groups in total. The Morgan fingerprint density at radius 2 is 1.89 bits per heavy atom. The first-order valence-electron chi connectivity index (χ1n) is 11.6. The van der Waals surface area contributed by atoms with Crippen LogP contribution in [0.3, 0.4) is 0 Å². The van der Waals surface area contributed by atoms with E-state index in [0.29, 0.717) is 37.1 Å². The van der Waals surface area contributed by atoms with Gasteiger partial charge in [-0.2, -0.15) is 0 Å². The zero-order valence-electron chi connectivity index (χ0n) is 20.4. The van der Waals surface area contributed by atoms with Crippen molar-refractivity contribution >= 4 is 46.7 Å². The minimum atomic E-state index is -0.644. The van der Waals surface area contributed by atoms with Crippen molar-refractivity contribution in [1.29, 1.82) is 0 Å². The van der Waals surface area contributed by atoms with Gasteiger partial charge in [0.25, 0.3) is 5.56 Å². The molecule has 0 bridgehead atoms. The van der Waals surface area contributed by atoms with Crippen LogP contribution >= 0.6 is 34.7 Å². The van der Waals surface area contributed by atoms with Gasteiger partial charge >= 0.3 is 5.97 Å². The van der Waals surface area contributed by atoms with E-state index in [1.807, 2.05) is 54.8 Å². The highest BCUT2D eigenvalue weighted by Gasteiger charge is 2.33. The van der Waals surface area contributed by atoms with Crippen LogP contribution in [-0.2, 0) is 9.53 Å². The second-order valence-electron chi connectivity index (χ2n) is 8.28. The lowest BCUT2D eigenvalue weighted by Gasteiger charge is -2.24. The number of carbonyl (C=O) groups excluding carboxylic acids is 1. The van der Waals surface area contributed by atoms with Crippen molar-refractivity contribution in [2.45, 2.75) is 24.8 Å². The summed E-state index contributed by atoms with van der Waals surface area (Å²) >= 11 is 8.88. The third-order valence-corrected chi connectivity index (χ3v) is 7.96. The Kier molecular flexibility index (Phi) is 7.24. The van der Waals surface area contributed by atoms with Crippen molar-refractivity contribution in [3.63, 3.8) is 0 Å². The predicted octanol–water partition coefficient (Wildman–Crippen LogP) is 5.43. The molecule has 0 amide bonds. The molecule has 2 aromatic carbocycles. The standard InChI is InChI=1S/C28H23ClN2O4S2/c1-4-34-27(33)24-16(2)30-28-31(25(24)18-7-12-21(36-3)13-8-18)26(32)23(37-28)15-20-11-14-22(35-20)17-5-9-19(29)10-6-17/h5-15,25H,4H2,1-3H3/b23-15-/t25-/m0/s1. The van der Waals surface area contributed by atoms with E-state index in [-0.39, 0.29) is 12.2 Å². The summed E-state index contributed by atoms with van der Waals surface area (Å²) in [6.07, 6.45) is 3.71. The van der Waals surface area contributed by atoms with Gasteiger partial charge in [-0.05, 0) is 74.2 Å². The van der Waals surface area contributed by atoms with E-state index in [2.05, 4.69) is 4.99 Å². The lowest BCUT2D eigenvalue weighted by Crippen LogP contribution is -2.39. The van der Waals surface area contributed by atoms with Crippen molar-refractivity contribution in [2.75, 3.05) is 12.9 Å². The van der Waals surface area contributed by atoms with Crippen molar-refractivity contribution in [1.82, 2.24) is 4.57 Å². The van der Waals surface area contributed by atoms with Gasteiger partial charge in [-0.1, -0.05) is 35.1 Å². The number of benzene rings is 2. The maximum absolute atomic E-state index is 13.7. The molecular weight excluding hydrogens is 528 g/mol. The monoisotopic (exact) mass is 550 g/mol. The Morgan fingerprint density at radius 1 is 1.16 bits per heavy atom. The van der Waals surface area contributed by atoms with E-state index < -0.39 is 12.0 Å². The second-order valence-corrected chi connectivity index (χ2v) is 10.6. The smallest absolute Gasteiger partial charge is 0.338 e. The fraction of sp³-hybridized carbons (Fsp3) is 0.179.